The van der Waals surface area contributed by atoms with Crippen LogP contribution in [0.4, 0.5) is 17.6 Å². The first-order valence-electron chi connectivity index (χ1n) is 4.96. The highest BCUT2D eigenvalue weighted by atomic mass is 19.4. The standard InChI is InChI=1S/C11H12F4O2/c1-7(2)6-16-10-5-8(3-4-9(10)12)17-11(13,14)15/h3-5,7H,6H2,1-2H3. The van der Waals surface area contributed by atoms with Crippen molar-refractivity contribution in [2.75, 3.05) is 6.61 Å². The number of hydrogen-bond donors (Lipinski definition) is 0. The molecule has 0 saturated carbocycles. The molecule has 0 saturated heterocycles. The van der Waals surface area contributed by atoms with Gasteiger partial charge in [0, 0.05) is 6.07 Å². The van der Waals surface area contributed by atoms with Gasteiger partial charge in [0.05, 0.1) is 6.61 Å². The second-order valence-corrected chi connectivity index (χ2v) is 3.84. The van der Waals surface area contributed by atoms with E-state index in [2.05, 4.69) is 4.74 Å². The maximum absolute atomic E-state index is 13.2. The first-order chi connectivity index (χ1) is 7.78. The van der Waals surface area contributed by atoms with E-state index in [1.54, 1.807) is 0 Å². The van der Waals surface area contributed by atoms with Gasteiger partial charge in [-0.15, -0.1) is 13.2 Å². The Morgan fingerprint density at radius 1 is 1.24 bits per heavy atom. The molecule has 0 N–H and O–H groups in total. The fourth-order valence-electron chi connectivity index (χ4n) is 1.05. The lowest BCUT2D eigenvalue weighted by atomic mass is 10.2. The third kappa shape index (κ3) is 4.93. The molecule has 0 amide bonds. The molecule has 6 heteroatoms. The monoisotopic (exact) mass is 252 g/mol. The van der Waals surface area contributed by atoms with Crippen LogP contribution in [0.2, 0.25) is 0 Å². The van der Waals surface area contributed by atoms with Gasteiger partial charge >= 0.3 is 6.36 Å². The molecule has 0 aliphatic rings. The first-order valence-corrected chi connectivity index (χ1v) is 4.96. The molecule has 96 valence electrons. The van der Waals surface area contributed by atoms with Crippen LogP contribution in [0.25, 0.3) is 0 Å². The maximum atomic E-state index is 13.2. The Kier molecular flexibility index (Phi) is 4.20. The molecule has 0 fully saturated rings. The minimum Gasteiger partial charge on any atom is -0.490 e. The smallest absolute Gasteiger partial charge is 0.490 e. The van der Waals surface area contributed by atoms with Crippen LogP contribution in [0.15, 0.2) is 18.2 Å². The lowest BCUT2D eigenvalue weighted by Crippen LogP contribution is -2.17. The number of ether oxygens (including phenoxy) is 2. The van der Waals surface area contributed by atoms with E-state index >= 15 is 0 Å². The summed E-state index contributed by atoms with van der Waals surface area (Å²) >= 11 is 0. The van der Waals surface area contributed by atoms with Gasteiger partial charge < -0.3 is 9.47 Å². The van der Waals surface area contributed by atoms with E-state index < -0.39 is 17.9 Å². The summed E-state index contributed by atoms with van der Waals surface area (Å²) in [6.07, 6.45) is -4.80. The van der Waals surface area contributed by atoms with Gasteiger partial charge in [-0.1, -0.05) is 13.8 Å². The normalized spacial score (nSPS) is 11.7. The van der Waals surface area contributed by atoms with E-state index in [1.807, 2.05) is 13.8 Å². The van der Waals surface area contributed by atoms with Crippen molar-refractivity contribution in [2.24, 2.45) is 5.92 Å². The van der Waals surface area contributed by atoms with E-state index in [0.717, 1.165) is 18.2 Å². The average molecular weight is 252 g/mol. The molecule has 2 nitrogen and oxygen atoms in total. The number of alkyl halides is 3. The van der Waals surface area contributed by atoms with Crippen LogP contribution in [0.3, 0.4) is 0 Å². The molecule has 17 heavy (non-hydrogen) atoms. The van der Waals surface area contributed by atoms with E-state index in [0.29, 0.717) is 0 Å². The lowest BCUT2D eigenvalue weighted by Gasteiger charge is -2.12. The number of hydrogen-bond acceptors (Lipinski definition) is 2. The fraction of sp³-hybridized carbons (Fsp3) is 0.455. The fourth-order valence-corrected chi connectivity index (χ4v) is 1.05. The summed E-state index contributed by atoms with van der Waals surface area (Å²) in [7, 11) is 0. The van der Waals surface area contributed by atoms with Gasteiger partial charge in [0.1, 0.15) is 5.75 Å². The lowest BCUT2D eigenvalue weighted by molar-refractivity contribution is -0.274. The molecular weight excluding hydrogens is 240 g/mol. The van der Waals surface area contributed by atoms with E-state index in [-0.39, 0.29) is 18.3 Å². The molecule has 1 rings (SSSR count). The molecule has 0 radical (unpaired) electrons. The van der Waals surface area contributed by atoms with Gasteiger partial charge in [-0.25, -0.2) is 4.39 Å². The van der Waals surface area contributed by atoms with Crippen LogP contribution in [-0.4, -0.2) is 13.0 Å². The van der Waals surface area contributed by atoms with Crippen molar-refractivity contribution in [2.45, 2.75) is 20.2 Å². The zero-order chi connectivity index (χ0) is 13.1. The molecule has 1 aromatic rings. The average Bonchev–Trinajstić information content (AvgIpc) is 2.16. The van der Waals surface area contributed by atoms with Gasteiger partial charge in [0.25, 0.3) is 0 Å². The highest BCUT2D eigenvalue weighted by molar-refractivity contribution is 5.34. The number of rotatable bonds is 4. The molecular formula is C11H12F4O2. The topological polar surface area (TPSA) is 18.5 Å². The SMILES string of the molecule is CC(C)COc1cc(OC(F)(F)F)ccc1F. The maximum Gasteiger partial charge on any atom is 0.573 e. The van der Waals surface area contributed by atoms with Crippen molar-refractivity contribution in [1.82, 2.24) is 0 Å². The van der Waals surface area contributed by atoms with Crippen molar-refractivity contribution in [3.8, 4) is 11.5 Å². The molecule has 0 bridgehead atoms. The summed E-state index contributed by atoms with van der Waals surface area (Å²) < 4.78 is 57.7. The molecule has 0 aliphatic heterocycles. The van der Waals surface area contributed by atoms with Crippen LogP contribution >= 0.6 is 0 Å². The van der Waals surface area contributed by atoms with Crippen LogP contribution in [0.5, 0.6) is 11.5 Å². The minimum atomic E-state index is -4.80. The van der Waals surface area contributed by atoms with Crippen molar-refractivity contribution in [1.29, 1.82) is 0 Å². The van der Waals surface area contributed by atoms with E-state index in [4.69, 9.17) is 4.74 Å². The minimum absolute atomic E-state index is 0.140. The Balaban J connectivity index is 2.79. The molecule has 0 aliphatic carbocycles. The molecule has 0 spiro atoms. The van der Waals surface area contributed by atoms with Crippen molar-refractivity contribution in [3.63, 3.8) is 0 Å². The van der Waals surface area contributed by atoms with Crippen LogP contribution in [0, 0.1) is 11.7 Å². The Labute approximate surface area is 96.1 Å². The van der Waals surface area contributed by atoms with Crippen LogP contribution < -0.4 is 9.47 Å². The molecule has 0 aromatic heterocycles. The summed E-state index contributed by atoms with van der Waals surface area (Å²) in [6.45, 7) is 3.90. The zero-order valence-corrected chi connectivity index (χ0v) is 9.34. The van der Waals surface area contributed by atoms with E-state index in [1.165, 1.54) is 0 Å². The Morgan fingerprint density at radius 3 is 2.41 bits per heavy atom. The van der Waals surface area contributed by atoms with Crippen LogP contribution in [0.1, 0.15) is 13.8 Å². The Morgan fingerprint density at radius 2 is 1.88 bits per heavy atom. The van der Waals surface area contributed by atoms with E-state index in [9.17, 15) is 17.6 Å². The Hall–Kier alpha value is -1.46. The van der Waals surface area contributed by atoms with Gasteiger partial charge in [-0.2, -0.15) is 0 Å². The summed E-state index contributed by atoms with van der Waals surface area (Å²) in [5.74, 6) is -1.33. The molecule has 0 unspecified atom stereocenters. The summed E-state index contributed by atoms with van der Waals surface area (Å²) in [5.41, 5.74) is 0. The van der Waals surface area contributed by atoms with Gasteiger partial charge in [0.15, 0.2) is 11.6 Å². The zero-order valence-electron chi connectivity index (χ0n) is 9.34. The number of benzene rings is 1. The summed E-state index contributed by atoms with van der Waals surface area (Å²) in [6, 6.07) is 2.65. The Bertz CT molecular complexity index is 374. The molecule has 0 heterocycles. The van der Waals surface area contributed by atoms with Crippen LogP contribution in [-0.2, 0) is 0 Å². The first kappa shape index (κ1) is 13.6. The van der Waals surface area contributed by atoms with Crippen molar-refractivity contribution < 1.29 is 27.0 Å². The highest BCUT2D eigenvalue weighted by Crippen LogP contribution is 2.28. The summed E-state index contributed by atoms with van der Waals surface area (Å²) in [4.78, 5) is 0. The molecule has 1 aromatic carbocycles. The summed E-state index contributed by atoms with van der Waals surface area (Å²) in [5, 5.41) is 0. The van der Waals surface area contributed by atoms with Crippen molar-refractivity contribution >= 4 is 0 Å². The number of halogens is 4. The third-order valence-corrected chi connectivity index (χ3v) is 1.71. The van der Waals surface area contributed by atoms with Gasteiger partial charge in [0.2, 0.25) is 0 Å². The third-order valence-electron chi connectivity index (χ3n) is 1.71. The second kappa shape index (κ2) is 5.25. The van der Waals surface area contributed by atoms with Crippen molar-refractivity contribution in [3.05, 3.63) is 24.0 Å². The predicted molar refractivity (Wildman–Crippen MR) is 53.4 cm³/mol. The quantitative estimate of drug-likeness (QED) is 0.759. The highest BCUT2D eigenvalue weighted by Gasteiger charge is 2.31. The van der Waals surface area contributed by atoms with Gasteiger partial charge in [-0.05, 0) is 18.1 Å². The largest absolute Gasteiger partial charge is 0.573 e. The second-order valence-electron chi connectivity index (χ2n) is 3.84. The molecule has 0 atom stereocenters. The predicted octanol–water partition coefficient (Wildman–Crippen LogP) is 3.76. The van der Waals surface area contributed by atoms with Gasteiger partial charge in [-0.3, -0.25) is 0 Å².